The molecule has 2 aromatic rings. The monoisotopic (exact) mass is 477 g/mol. The fraction of sp³-hybridized carbons (Fsp3) is 0.500. The zero-order valence-electron chi connectivity index (χ0n) is 19.5. The Kier molecular flexibility index (Phi) is 7.88. The summed E-state index contributed by atoms with van der Waals surface area (Å²) in [4.78, 5) is 33.6. The summed E-state index contributed by atoms with van der Waals surface area (Å²) < 4.78 is 33.9. The molecule has 1 amide bonds. The molecule has 0 atom stereocenters. The number of nitrogens with zero attached hydrogens (tertiary/aromatic N) is 3. The fourth-order valence-electron chi connectivity index (χ4n) is 3.58. The summed E-state index contributed by atoms with van der Waals surface area (Å²) in [5.41, 5.74) is 0.351. The SMILES string of the molecule is CCCOc1ccc(S(=O)(=O)N2CCN(C)CC2)cc1-c1nc(CC)c(NC(C)=O)c(=O)[nH]1. The van der Waals surface area contributed by atoms with E-state index in [1.165, 1.54) is 23.4 Å². The summed E-state index contributed by atoms with van der Waals surface area (Å²) in [6.45, 7) is 7.64. The molecule has 180 valence electrons. The number of hydrogen-bond acceptors (Lipinski definition) is 7. The Morgan fingerprint density at radius 3 is 2.52 bits per heavy atom. The van der Waals surface area contributed by atoms with E-state index in [0.29, 0.717) is 56.2 Å². The normalized spacial score (nSPS) is 15.4. The van der Waals surface area contributed by atoms with E-state index < -0.39 is 15.6 Å². The van der Waals surface area contributed by atoms with E-state index in [9.17, 15) is 18.0 Å². The highest BCUT2D eigenvalue weighted by molar-refractivity contribution is 7.89. The predicted molar refractivity (Wildman–Crippen MR) is 126 cm³/mol. The number of nitrogens with one attached hydrogen (secondary N) is 2. The van der Waals surface area contributed by atoms with E-state index in [2.05, 4.69) is 20.2 Å². The number of aromatic nitrogens is 2. The lowest BCUT2D eigenvalue weighted by atomic mass is 10.1. The topological polar surface area (TPSA) is 125 Å². The Morgan fingerprint density at radius 1 is 1.21 bits per heavy atom. The van der Waals surface area contributed by atoms with Crippen molar-refractivity contribution in [1.29, 1.82) is 0 Å². The van der Waals surface area contributed by atoms with Crippen molar-refractivity contribution in [3.63, 3.8) is 0 Å². The Morgan fingerprint density at radius 2 is 1.91 bits per heavy atom. The van der Waals surface area contributed by atoms with E-state index in [0.717, 1.165) is 6.42 Å². The second-order valence-corrected chi connectivity index (χ2v) is 9.92. The van der Waals surface area contributed by atoms with Gasteiger partial charge < -0.3 is 19.9 Å². The zero-order valence-corrected chi connectivity index (χ0v) is 20.3. The molecule has 11 heteroatoms. The van der Waals surface area contributed by atoms with Crippen molar-refractivity contribution < 1.29 is 17.9 Å². The van der Waals surface area contributed by atoms with Crippen LogP contribution in [0.3, 0.4) is 0 Å². The van der Waals surface area contributed by atoms with Crippen LogP contribution in [0, 0.1) is 0 Å². The van der Waals surface area contributed by atoms with Crippen molar-refractivity contribution in [2.24, 2.45) is 0 Å². The molecule has 3 rings (SSSR count). The van der Waals surface area contributed by atoms with Gasteiger partial charge in [0, 0.05) is 33.1 Å². The summed E-state index contributed by atoms with van der Waals surface area (Å²) in [6, 6.07) is 4.61. The highest BCUT2D eigenvalue weighted by Crippen LogP contribution is 2.32. The number of aromatic amines is 1. The van der Waals surface area contributed by atoms with Gasteiger partial charge in [-0.15, -0.1) is 0 Å². The fourth-order valence-corrected chi connectivity index (χ4v) is 5.03. The molecule has 1 aromatic carbocycles. The molecule has 2 heterocycles. The molecule has 1 saturated heterocycles. The van der Waals surface area contributed by atoms with Crippen molar-refractivity contribution in [1.82, 2.24) is 19.2 Å². The van der Waals surface area contributed by atoms with E-state index in [-0.39, 0.29) is 22.3 Å². The summed E-state index contributed by atoms with van der Waals surface area (Å²) in [7, 11) is -1.77. The van der Waals surface area contributed by atoms with Gasteiger partial charge in [0.15, 0.2) is 0 Å². The molecule has 0 unspecified atom stereocenters. The number of amides is 1. The summed E-state index contributed by atoms with van der Waals surface area (Å²) >= 11 is 0. The van der Waals surface area contributed by atoms with E-state index in [1.54, 1.807) is 6.07 Å². The summed E-state index contributed by atoms with van der Waals surface area (Å²) in [5, 5.41) is 2.52. The molecule has 0 bridgehead atoms. The number of rotatable bonds is 8. The van der Waals surface area contributed by atoms with Gasteiger partial charge in [0.2, 0.25) is 15.9 Å². The number of hydrogen-bond donors (Lipinski definition) is 2. The average Bonchev–Trinajstić information content (AvgIpc) is 2.78. The van der Waals surface area contributed by atoms with Crippen LogP contribution in [0.15, 0.2) is 27.9 Å². The predicted octanol–water partition coefficient (Wildman–Crippen LogP) is 1.68. The molecular weight excluding hydrogens is 446 g/mol. The molecular formula is C22H31N5O5S. The molecule has 33 heavy (non-hydrogen) atoms. The Balaban J connectivity index is 2.10. The number of ether oxygens (including phenoxy) is 1. The molecule has 0 saturated carbocycles. The molecule has 0 aliphatic carbocycles. The number of carbonyl (C=O) groups excluding carboxylic acids is 1. The Hall–Kier alpha value is -2.76. The third-order valence-electron chi connectivity index (χ3n) is 5.40. The first kappa shape index (κ1) is 24.9. The second-order valence-electron chi connectivity index (χ2n) is 7.98. The molecule has 1 fully saturated rings. The van der Waals surface area contributed by atoms with E-state index in [4.69, 9.17) is 4.74 Å². The first-order valence-corrected chi connectivity index (χ1v) is 12.5. The second kappa shape index (κ2) is 10.4. The number of carbonyl (C=O) groups is 1. The van der Waals surface area contributed by atoms with Gasteiger partial charge >= 0.3 is 0 Å². The molecule has 10 nitrogen and oxygen atoms in total. The van der Waals surface area contributed by atoms with Crippen LogP contribution >= 0.6 is 0 Å². The Bertz CT molecular complexity index is 1170. The van der Waals surface area contributed by atoms with Crippen molar-refractivity contribution >= 4 is 21.6 Å². The van der Waals surface area contributed by atoms with Crippen molar-refractivity contribution in [2.45, 2.75) is 38.5 Å². The van der Waals surface area contributed by atoms with E-state index in [1.807, 2.05) is 20.9 Å². The largest absolute Gasteiger partial charge is 0.493 e. The minimum absolute atomic E-state index is 0.0889. The number of sulfonamides is 1. The van der Waals surface area contributed by atoms with Gasteiger partial charge in [-0.05, 0) is 38.1 Å². The standard InChI is InChI=1S/C22H31N5O5S/c1-5-13-32-19-8-7-16(33(30,31)27-11-9-26(4)10-12-27)14-17(19)21-24-18(6-2)20(22(29)25-21)23-15(3)28/h7-8,14H,5-6,9-13H2,1-4H3,(H,23,28)(H,24,25,29). The Labute approximate surface area is 194 Å². The van der Waals surface area contributed by atoms with Gasteiger partial charge in [0.05, 0.1) is 22.8 Å². The van der Waals surface area contributed by atoms with Gasteiger partial charge in [0.1, 0.15) is 17.3 Å². The minimum atomic E-state index is -3.73. The number of benzene rings is 1. The third kappa shape index (κ3) is 5.60. The minimum Gasteiger partial charge on any atom is -0.493 e. The van der Waals surface area contributed by atoms with Crippen LogP contribution in [0.1, 0.15) is 32.9 Å². The molecule has 1 aromatic heterocycles. The van der Waals surface area contributed by atoms with Crippen LogP contribution in [0.2, 0.25) is 0 Å². The lowest BCUT2D eigenvalue weighted by Gasteiger charge is -2.31. The van der Waals surface area contributed by atoms with Gasteiger partial charge in [-0.1, -0.05) is 13.8 Å². The first-order chi connectivity index (χ1) is 15.7. The van der Waals surface area contributed by atoms with Crippen LogP contribution < -0.4 is 15.6 Å². The maximum Gasteiger partial charge on any atom is 0.275 e. The lowest BCUT2D eigenvalue weighted by Crippen LogP contribution is -2.47. The number of aryl methyl sites for hydroxylation is 1. The van der Waals surface area contributed by atoms with Crippen LogP contribution in [-0.2, 0) is 21.2 Å². The molecule has 1 aliphatic rings. The van der Waals surface area contributed by atoms with Gasteiger partial charge in [-0.3, -0.25) is 9.59 Å². The van der Waals surface area contributed by atoms with Crippen LogP contribution in [0.4, 0.5) is 5.69 Å². The number of anilines is 1. The van der Waals surface area contributed by atoms with Crippen molar-refractivity contribution in [3.05, 3.63) is 34.2 Å². The number of H-pyrrole nitrogens is 1. The summed E-state index contributed by atoms with van der Waals surface area (Å²) in [6.07, 6.45) is 1.16. The van der Waals surface area contributed by atoms with E-state index >= 15 is 0 Å². The third-order valence-corrected chi connectivity index (χ3v) is 7.29. The van der Waals surface area contributed by atoms with Crippen LogP contribution in [0.5, 0.6) is 5.75 Å². The number of piperazine rings is 1. The lowest BCUT2D eigenvalue weighted by molar-refractivity contribution is -0.114. The average molecular weight is 478 g/mol. The molecule has 2 N–H and O–H groups in total. The van der Waals surface area contributed by atoms with Gasteiger partial charge in [-0.2, -0.15) is 4.31 Å². The molecule has 1 aliphatic heterocycles. The smallest absolute Gasteiger partial charge is 0.275 e. The maximum absolute atomic E-state index is 13.3. The number of likely N-dealkylation sites (N-methyl/N-ethyl adjacent to an activating group) is 1. The first-order valence-electron chi connectivity index (χ1n) is 11.0. The maximum atomic E-state index is 13.3. The zero-order chi connectivity index (χ0) is 24.2. The van der Waals surface area contributed by atoms with Gasteiger partial charge in [-0.25, -0.2) is 13.4 Å². The molecule has 0 radical (unpaired) electrons. The van der Waals surface area contributed by atoms with Crippen LogP contribution in [-0.4, -0.2) is 73.3 Å². The highest BCUT2D eigenvalue weighted by atomic mass is 32.2. The summed E-state index contributed by atoms with van der Waals surface area (Å²) in [5.74, 6) is 0.233. The van der Waals surface area contributed by atoms with Crippen molar-refractivity contribution in [3.8, 4) is 17.1 Å². The quantitative estimate of drug-likeness (QED) is 0.593. The van der Waals surface area contributed by atoms with Crippen LogP contribution in [0.25, 0.3) is 11.4 Å². The van der Waals surface area contributed by atoms with Gasteiger partial charge in [0.25, 0.3) is 5.56 Å². The van der Waals surface area contributed by atoms with Crippen molar-refractivity contribution in [2.75, 3.05) is 45.2 Å². The highest BCUT2D eigenvalue weighted by Gasteiger charge is 2.29. The molecule has 0 spiro atoms.